The van der Waals surface area contributed by atoms with Crippen LogP contribution in [0, 0.1) is 6.92 Å². The maximum atomic E-state index is 12.3. The molecule has 0 spiro atoms. The van der Waals surface area contributed by atoms with E-state index >= 15 is 0 Å². The van der Waals surface area contributed by atoms with Crippen LogP contribution in [0.15, 0.2) is 24.3 Å². The van der Waals surface area contributed by atoms with Crippen LogP contribution in [0.3, 0.4) is 0 Å². The molecule has 122 valence electrons. The van der Waals surface area contributed by atoms with Crippen molar-refractivity contribution < 1.29 is 4.79 Å². The third-order valence-corrected chi connectivity index (χ3v) is 4.30. The number of carbonyl (C=O) groups is 1. The molecule has 0 saturated carbocycles. The van der Waals surface area contributed by atoms with E-state index in [1.165, 1.54) is 17.7 Å². The second-order valence-electron chi connectivity index (χ2n) is 6.30. The Balaban J connectivity index is 1.80. The van der Waals surface area contributed by atoms with Crippen molar-refractivity contribution in [3.05, 3.63) is 29.8 Å². The molecule has 1 aromatic carbocycles. The number of rotatable bonds is 6. The highest BCUT2D eigenvalue weighted by molar-refractivity contribution is 5.78. The number of carbonyl (C=O) groups excluding carboxylic acids is 1. The Morgan fingerprint density at radius 3 is 2.59 bits per heavy atom. The van der Waals surface area contributed by atoms with E-state index in [2.05, 4.69) is 47.9 Å². The van der Waals surface area contributed by atoms with Gasteiger partial charge in [0, 0.05) is 31.9 Å². The van der Waals surface area contributed by atoms with Crippen molar-refractivity contribution in [2.45, 2.75) is 26.7 Å². The van der Waals surface area contributed by atoms with Gasteiger partial charge in [-0.1, -0.05) is 25.5 Å². The predicted molar refractivity (Wildman–Crippen MR) is 92.4 cm³/mol. The molecule has 1 amide bonds. The van der Waals surface area contributed by atoms with Gasteiger partial charge in [-0.25, -0.2) is 0 Å². The largest absolute Gasteiger partial charge is 0.368 e. The molecule has 1 fully saturated rings. The van der Waals surface area contributed by atoms with Gasteiger partial charge >= 0.3 is 0 Å². The number of benzene rings is 1. The van der Waals surface area contributed by atoms with Crippen molar-refractivity contribution in [2.24, 2.45) is 0 Å². The van der Waals surface area contributed by atoms with Gasteiger partial charge in [0.1, 0.15) is 0 Å². The second kappa shape index (κ2) is 8.18. The van der Waals surface area contributed by atoms with Crippen molar-refractivity contribution in [1.82, 2.24) is 9.80 Å². The van der Waals surface area contributed by atoms with Crippen LogP contribution in [0.5, 0.6) is 0 Å². The van der Waals surface area contributed by atoms with Gasteiger partial charge in [0.15, 0.2) is 0 Å². The number of hydrogen-bond acceptors (Lipinski definition) is 3. The zero-order valence-corrected chi connectivity index (χ0v) is 14.2. The van der Waals surface area contributed by atoms with Crippen LogP contribution in [0.2, 0.25) is 0 Å². The Morgan fingerprint density at radius 2 is 1.95 bits per heavy atom. The molecule has 4 nitrogen and oxygen atoms in total. The lowest BCUT2D eigenvalue weighted by molar-refractivity contribution is -0.132. The van der Waals surface area contributed by atoms with Gasteiger partial charge in [-0.15, -0.1) is 0 Å². The van der Waals surface area contributed by atoms with Crippen LogP contribution in [0.25, 0.3) is 0 Å². The van der Waals surface area contributed by atoms with Gasteiger partial charge < -0.3 is 9.80 Å². The second-order valence-corrected chi connectivity index (χ2v) is 6.30. The summed E-state index contributed by atoms with van der Waals surface area (Å²) < 4.78 is 0. The maximum absolute atomic E-state index is 12.3. The molecule has 1 saturated heterocycles. The molecular formula is C18H29N3O. The van der Waals surface area contributed by atoms with E-state index in [9.17, 15) is 4.79 Å². The smallest absolute Gasteiger partial charge is 0.236 e. The summed E-state index contributed by atoms with van der Waals surface area (Å²) in [6, 6.07) is 8.60. The molecule has 1 aliphatic rings. The summed E-state index contributed by atoms with van der Waals surface area (Å²) in [5.74, 6) is 0.266. The normalized spacial score (nSPS) is 15.5. The summed E-state index contributed by atoms with van der Waals surface area (Å²) >= 11 is 0. The third kappa shape index (κ3) is 4.73. The number of anilines is 1. The first-order chi connectivity index (χ1) is 10.6. The van der Waals surface area contributed by atoms with E-state index in [0.29, 0.717) is 6.54 Å². The lowest BCUT2D eigenvalue weighted by atomic mass is 10.2. The Kier molecular flexibility index (Phi) is 6.25. The van der Waals surface area contributed by atoms with E-state index < -0.39 is 0 Å². The third-order valence-electron chi connectivity index (χ3n) is 4.30. The van der Waals surface area contributed by atoms with Gasteiger partial charge in [0.25, 0.3) is 0 Å². The van der Waals surface area contributed by atoms with E-state index in [4.69, 9.17) is 0 Å². The number of aryl methyl sites for hydroxylation is 1. The average Bonchev–Trinajstić information content (AvgIpc) is 2.53. The molecule has 0 aromatic heterocycles. The summed E-state index contributed by atoms with van der Waals surface area (Å²) in [6.45, 7) is 9.36. The van der Waals surface area contributed by atoms with Crippen molar-refractivity contribution >= 4 is 11.6 Å². The predicted octanol–water partition coefficient (Wildman–Crippen LogP) is 2.38. The molecule has 0 bridgehead atoms. The summed E-state index contributed by atoms with van der Waals surface area (Å²) in [7, 11) is 2.04. The Morgan fingerprint density at radius 1 is 1.23 bits per heavy atom. The fourth-order valence-corrected chi connectivity index (χ4v) is 2.88. The number of hydrogen-bond donors (Lipinski definition) is 0. The number of amides is 1. The number of piperazine rings is 1. The number of nitrogens with zero attached hydrogens (tertiary/aromatic N) is 3. The van der Waals surface area contributed by atoms with Crippen LogP contribution in [-0.4, -0.2) is 62.0 Å². The summed E-state index contributed by atoms with van der Waals surface area (Å²) in [5.41, 5.74) is 2.56. The molecule has 0 N–H and O–H groups in total. The van der Waals surface area contributed by atoms with Crippen LogP contribution >= 0.6 is 0 Å². The van der Waals surface area contributed by atoms with Crippen LogP contribution in [-0.2, 0) is 4.79 Å². The lowest BCUT2D eigenvalue weighted by Crippen LogP contribution is -2.51. The SMILES string of the molecule is CCCCN(C)CC(=O)N1CCN(c2cccc(C)c2)CC1. The monoisotopic (exact) mass is 303 g/mol. The standard InChI is InChI=1S/C18H29N3O/c1-4-5-9-19(3)15-18(22)21-12-10-20(11-13-21)17-8-6-7-16(2)14-17/h6-8,14H,4-5,9-13,15H2,1-3H3. The summed E-state index contributed by atoms with van der Waals surface area (Å²) in [4.78, 5) is 18.9. The van der Waals surface area contributed by atoms with Crippen LogP contribution in [0.4, 0.5) is 5.69 Å². The molecule has 22 heavy (non-hydrogen) atoms. The highest BCUT2D eigenvalue weighted by atomic mass is 16.2. The molecule has 0 aliphatic carbocycles. The minimum Gasteiger partial charge on any atom is -0.368 e. The first kappa shape index (κ1) is 16.8. The molecule has 0 radical (unpaired) electrons. The highest BCUT2D eigenvalue weighted by Gasteiger charge is 2.21. The summed E-state index contributed by atoms with van der Waals surface area (Å²) in [6.07, 6.45) is 2.33. The van der Waals surface area contributed by atoms with Crippen molar-refractivity contribution in [2.75, 3.05) is 51.2 Å². The topological polar surface area (TPSA) is 26.8 Å². The van der Waals surface area contributed by atoms with Crippen molar-refractivity contribution in [1.29, 1.82) is 0 Å². The minimum atomic E-state index is 0.266. The van der Waals surface area contributed by atoms with E-state index in [-0.39, 0.29) is 5.91 Å². The van der Waals surface area contributed by atoms with E-state index in [1.807, 2.05) is 11.9 Å². The van der Waals surface area contributed by atoms with Gasteiger partial charge in [-0.3, -0.25) is 9.69 Å². The zero-order valence-electron chi connectivity index (χ0n) is 14.2. The van der Waals surface area contributed by atoms with E-state index in [1.54, 1.807) is 0 Å². The average molecular weight is 303 g/mol. The van der Waals surface area contributed by atoms with Crippen molar-refractivity contribution in [3.8, 4) is 0 Å². The zero-order chi connectivity index (χ0) is 15.9. The molecule has 1 aliphatic heterocycles. The Labute approximate surface area is 134 Å². The molecule has 2 rings (SSSR count). The van der Waals surface area contributed by atoms with Gasteiger partial charge in [0.05, 0.1) is 6.54 Å². The van der Waals surface area contributed by atoms with Gasteiger partial charge in [-0.2, -0.15) is 0 Å². The quantitative estimate of drug-likeness (QED) is 0.807. The van der Waals surface area contributed by atoms with E-state index in [0.717, 1.165) is 39.1 Å². The van der Waals surface area contributed by atoms with Gasteiger partial charge in [0.2, 0.25) is 5.91 Å². The molecule has 1 aromatic rings. The first-order valence-corrected chi connectivity index (χ1v) is 8.38. The Hall–Kier alpha value is -1.55. The fraction of sp³-hybridized carbons (Fsp3) is 0.611. The summed E-state index contributed by atoms with van der Waals surface area (Å²) in [5, 5.41) is 0. The number of unbranched alkanes of at least 4 members (excludes halogenated alkanes) is 1. The molecule has 1 heterocycles. The molecule has 0 unspecified atom stereocenters. The maximum Gasteiger partial charge on any atom is 0.236 e. The minimum absolute atomic E-state index is 0.266. The molecule has 4 heteroatoms. The van der Waals surface area contributed by atoms with Crippen LogP contribution < -0.4 is 4.90 Å². The lowest BCUT2D eigenvalue weighted by Gasteiger charge is -2.36. The first-order valence-electron chi connectivity index (χ1n) is 8.38. The van der Waals surface area contributed by atoms with Crippen LogP contribution in [0.1, 0.15) is 25.3 Å². The molecule has 0 atom stereocenters. The Bertz CT molecular complexity index is 481. The number of likely N-dealkylation sites (N-methyl/N-ethyl adjacent to an activating group) is 1. The van der Waals surface area contributed by atoms with Crippen molar-refractivity contribution in [3.63, 3.8) is 0 Å². The molecular weight excluding hydrogens is 274 g/mol. The van der Waals surface area contributed by atoms with Gasteiger partial charge in [-0.05, 0) is 44.6 Å². The fourth-order valence-electron chi connectivity index (χ4n) is 2.88. The highest BCUT2D eigenvalue weighted by Crippen LogP contribution is 2.17.